The van der Waals surface area contributed by atoms with Gasteiger partial charge in [-0.15, -0.1) is 0 Å². The van der Waals surface area contributed by atoms with Crippen LogP contribution in [0.4, 0.5) is 0 Å². The van der Waals surface area contributed by atoms with Gasteiger partial charge in [-0.3, -0.25) is 0 Å². The normalized spacial score (nSPS) is 26.7. The molecule has 0 saturated carbocycles. The quantitative estimate of drug-likeness (QED) is 0.520. The van der Waals surface area contributed by atoms with Gasteiger partial charge < -0.3 is 15.8 Å². The molecular weight excluding hydrogens is 140 g/mol. The fourth-order valence-electron chi connectivity index (χ4n) is 1.64. The van der Waals surface area contributed by atoms with Crippen LogP contribution in [-0.4, -0.2) is 33.4 Å². The number of nitrogens with two attached hydrogens (primary N) is 1. The van der Waals surface area contributed by atoms with E-state index in [0.717, 1.165) is 13.2 Å². The van der Waals surface area contributed by atoms with Gasteiger partial charge in [0.25, 0.3) is 0 Å². The number of hydrogen-bond donors (Lipinski definition) is 2. The zero-order valence-corrected chi connectivity index (χ0v) is 7.23. The van der Waals surface area contributed by atoms with E-state index in [2.05, 4.69) is 11.1 Å². The maximum absolute atomic E-state index is 5.19. The number of nitrogens with one attached hydrogen (secondary N) is 1. The molecule has 2 heterocycles. The first-order valence-electron chi connectivity index (χ1n) is 4.28. The van der Waals surface area contributed by atoms with E-state index in [9.17, 15) is 0 Å². The largest absolute Gasteiger partial charge is 0.380 e. The van der Waals surface area contributed by atoms with Crippen molar-refractivity contribution in [3.05, 3.63) is 0 Å². The lowest BCUT2D eigenvalue weighted by Gasteiger charge is -2.44. The van der Waals surface area contributed by atoms with Crippen molar-refractivity contribution in [1.29, 1.82) is 0 Å². The summed E-state index contributed by atoms with van der Waals surface area (Å²) in [4.78, 5) is 0. The first-order chi connectivity index (χ1) is 5.41. The molecule has 66 valence electrons. The topological polar surface area (TPSA) is 47.3 Å². The number of piperidine rings is 1. The first kappa shape index (κ1) is 8.97. The maximum Gasteiger partial charge on any atom is 0.0545 e. The molecule has 0 bridgehead atoms. The van der Waals surface area contributed by atoms with E-state index < -0.39 is 0 Å². The van der Waals surface area contributed by atoms with Crippen molar-refractivity contribution < 1.29 is 4.74 Å². The lowest BCUT2D eigenvalue weighted by atomic mass is 9.77. The van der Waals surface area contributed by atoms with Gasteiger partial charge in [0.1, 0.15) is 0 Å². The minimum absolute atomic E-state index is 0.616. The Bertz CT molecular complexity index is 105. The van der Waals surface area contributed by atoms with Crippen molar-refractivity contribution in [3.8, 4) is 0 Å². The standard InChI is InChI=1S/C7H13NO.CH5N/c1-3-8-4-2-7(1)5-9-6-7;1-2/h8H,1-6H2;2H2,1H3. The van der Waals surface area contributed by atoms with Crippen LogP contribution in [0.15, 0.2) is 0 Å². The van der Waals surface area contributed by atoms with Crippen LogP contribution in [-0.2, 0) is 4.74 Å². The minimum Gasteiger partial charge on any atom is -0.380 e. The molecule has 11 heavy (non-hydrogen) atoms. The molecular formula is C8H18N2O. The van der Waals surface area contributed by atoms with Crippen LogP contribution >= 0.6 is 0 Å². The Labute approximate surface area is 68.3 Å². The molecule has 2 aliphatic heterocycles. The molecule has 2 saturated heterocycles. The van der Waals surface area contributed by atoms with Crippen LogP contribution < -0.4 is 11.1 Å². The smallest absolute Gasteiger partial charge is 0.0545 e. The molecule has 2 aliphatic rings. The van der Waals surface area contributed by atoms with Crippen molar-refractivity contribution in [1.82, 2.24) is 5.32 Å². The van der Waals surface area contributed by atoms with Crippen LogP contribution in [0.2, 0.25) is 0 Å². The summed E-state index contributed by atoms with van der Waals surface area (Å²) in [5.41, 5.74) is 5.12. The van der Waals surface area contributed by atoms with Gasteiger partial charge in [-0.2, -0.15) is 0 Å². The minimum atomic E-state index is 0.616. The summed E-state index contributed by atoms with van der Waals surface area (Å²) in [6, 6.07) is 0. The van der Waals surface area contributed by atoms with Crippen LogP contribution in [0.3, 0.4) is 0 Å². The number of hydrogen-bond acceptors (Lipinski definition) is 3. The van der Waals surface area contributed by atoms with Gasteiger partial charge in [-0.25, -0.2) is 0 Å². The summed E-state index contributed by atoms with van der Waals surface area (Å²) in [7, 11) is 1.50. The highest BCUT2D eigenvalue weighted by molar-refractivity contribution is 4.89. The van der Waals surface area contributed by atoms with E-state index in [4.69, 9.17) is 4.74 Å². The predicted molar refractivity (Wildman–Crippen MR) is 45.5 cm³/mol. The molecule has 2 fully saturated rings. The van der Waals surface area contributed by atoms with Gasteiger partial charge in [-0.05, 0) is 33.0 Å². The summed E-state index contributed by atoms with van der Waals surface area (Å²) < 4.78 is 5.19. The Morgan fingerprint density at radius 1 is 1.18 bits per heavy atom. The lowest BCUT2D eigenvalue weighted by Crippen LogP contribution is -2.49. The Morgan fingerprint density at radius 2 is 1.73 bits per heavy atom. The van der Waals surface area contributed by atoms with Crippen molar-refractivity contribution in [2.24, 2.45) is 11.1 Å². The van der Waals surface area contributed by atoms with E-state index in [1.807, 2.05) is 0 Å². The van der Waals surface area contributed by atoms with Gasteiger partial charge in [0, 0.05) is 5.41 Å². The van der Waals surface area contributed by atoms with Crippen molar-refractivity contribution in [3.63, 3.8) is 0 Å². The van der Waals surface area contributed by atoms with Crippen LogP contribution in [0, 0.1) is 5.41 Å². The fraction of sp³-hybridized carbons (Fsp3) is 1.00. The lowest BCUT2D eigenvalue weighted by molar-refractivity contribution is -0.127. The summed E-state index contributed by atoms with van der Waals surface area (Å²) >= 11 is 0. The maximum atomic E-state index is 5.19. The highest BCUT2D eigenvalue weighted by atomic mass is 16.5. The van der Waals surface area contributed by atoms with Gasteiger partial charge in [0.2, 0.25) is 0 Å². The summed E-state index contributed by atoms with van der Waals surface area (Å²) in [5.74, 6) is 0. The molecule has 0 aromatic rings. The molecule has 3 N–H and O–H groups in total. The third-order valence-electron chi connectivity index (χ3n) is 2.48. The van der Waals surface area contributed by atoms with Gasteiger partial charge in [0.15, 0.2) is 0 Å². The molecule has 2 rings (SSSR count). The summed E-state index contributed by atoms with van der Waals surface area (Å²) in [6.07, 6.45) is 2.65. The van der Waals surface area contributed by atoms with Gasteiger partial charge in [-0.1, -0.05) is 0 Å². The molecule has 0 amide bonds. The highest BCUT2D eigenvalue weighted by Gasteiger charge is 2.38. The van der Waals surface area contributed by atoms with E-state index >= 15 is 0 Å². The molecule has 1 spiro atoms. The summed E-state index contributed by atoms with van der Waals surface area (Å²) in [6.45, 7) is 4.44. The average Bonchev–Trinajstić information content (AvgIpc) is 2.07. The van der Waals surface area contributed by atoms with Crippen LogP contribution in [0.1, 0.15) is 12.8 Å². The van der Waals surface area contributed by atoms with E-state index in [-0.39, 0.29) is 0 Å². The van der Waals surface area contributed by atoms with E-state index in [1.165, 1.54) is 33.0 Å². The van der Waals surface area contributed by atoms with E-state index in [0.29, 0.717) is 5.41 Å². The van der Waals surface area contributed by atoms with Crippen molar-refractivity contribution >= 4 is 0 Å². The SMILES string of the molecule is C1CC2(CCN1)COC2.CN. The second kappa shape index (κ2) is 4.04. The Balaban J connectivity index is 0.000000281. The summed E-state index contributed by atoms with van der Waals surface area (Å²) in [5, 5.41) is 3.35. The van der Waals surface area contributed by atoms with Crippen molar-refractivity contribution in [2.75, 3.05) is 33.4 Å². The number of rotatable bonds is 0. The average molecular weight is 158 g/mol. The molecule has 0 radical (unpaired) electrons. The second-order valence-electron chi connectivity index (χ2n) is 3.24. The fourth-order valence-corrected chi connectivity index (χ4v) is 1.64. The van der Waals surface area contributed by atoms with E-state index in [1.54, 1.807) is 0 Å². The van der Waals surface area contributed by atoms with Crippen molar-refractivity contribution in [2.45, 2.75) is 12.8 Å². The Hall–Kier alpha value is -0.120. The Kier molecular flexibility index (Phi) is 3.30. The molecule has 0 aromatic heterocycles. The first-order valence-corrected chi connectivity index (χ1v) is 4.28. The molecule has 0 aromatic carbocycles. The third kappa shape index (κ3) is 1.92. The molecule has 0 aliphatic carbocycles. The highest BCUT2D eigenvalue weighted by Crippen LogP contribution is 2.35. The monoisotopic (exact) mass is 158 g/mol. The zero-order chi connectivity index (χ0) is 8.16. The van der Waals surface area contributed by atoms with Gasteiger partial charge in [0.05, 0.1) is 13.2 Å². The van der Waals surface area contributed by atoms with Crippen LogP contribution in [0.5, 0.6) is 0 Å². The Morgan fingerprint density at radius 3 is 2.00 bits per heavy atom. The molecule has 3 nitrogen and oxygen atoms in total. The zero-order valence-electron chi connectivity index (χ0n) is 7.23. The molecule has 0 atom stereocenters. The second-order valence-corrected chi connectivity index (χ2v) is 3.24. The van der Waals surface area contributed by atoms with Crippen LogP contribution in [0.25, 0.3) is 0 Å². The number of ether oxygens (including phenoxy) is 1. The predicted octanol–water partition coefficient (Wildman–Crippen LogP) is -0.0387. The molecule has 3 heteroatoms. The third-order valence-corrected chi connectivity index (χ3v) is 2.48. The molecule has 0 unspecified atom stereocenters. The van der Waals surface area contributed by atoms with Gasteiger partial charge >= 0.3 is 0 Å².